The van der Waals surface area contributed by atoms with E-state index in [9.17, 15) is 0 Å². The molecule has 0 bridgehead atoms. The number of nitrogens with zero attached hydrogens (tertiary/aromatic N) is 2. The summed E-state index contributed by atoms with van der Waals surface area (Å²) in [7, 11) is 0. The van der Waals surface area contributed by atoms with Crippen molar-refractivity contribution in [2.24, 2.45) is 0 Å². The molecule has 0 aliphatic carbocycles. The molecule has 0 aliphatic heterocycles. The van der Waals surface area contributed by atoms with E-state index in [-0.39, 0.29) is 0 Å². The molecule has 0 atom stereocenters. The molecule has 2 rings (SSSR count). The zero-order chi connectivity index (χ0) is 11.4. The van der Waals surface area contributed by atoms with Crippen LogP contribution in [0.3, 0.4) is 0 Å². The number of aryl methyl sites for hydroxylation is 1. The zero-order valence-corrected chi connectivity index (χ0v) is 9.73. The van der Waals surface area contributed by atoms with Crippen molar-refractivity contribution in [3.8, 4) is 0 Å². The van der Waals surface area contributed by atoms with E-state index in [1.807, 2.05) is 23.7 Å². The van der Waals surface area contributed by atoms with Crippen LogP contribution in [0.15, 0.2) is 24.3 Å². The Morgan fingerprint density at radius 1 is 1.31 bits per heavy atom. The lowest BCUT2D eigenvalue weighted by Crippen LogP contribution is -2.14. The minimum absolute atomic E-state index is 0.640. The average Bonchev–Trinajstić information content (AvgIpc) is 2.68. The summed E-state index contributed by atoms with van der Waals surface area (Å²) in [5.41, 5.74) is 5.12. The first-order valence-electron chi connectivity index (χ1n) is 5.65. The zero-order valence-electron chi connectivity index (χ0n) is 9.73. The smallest absolute Gasteiger partial charge is 0.0864 e. The molecule has 0 amide bonds. The molecule has 0 saturated carbocycles. The lowest BCUT2D eigenvalue weighted by Gasteiger charge is -2.00. The first-order valence-corrected chi connectivity index (χ1v) is 5.65. The number of aromatic nitrogens is 2. The SMILES string of the molecule is CCONCc1nn(CC)c2ccccc12. The Hall–Kier alpha value is -1.39. The molecular weight excluding hydrogens is 202 g/mol. The van der Waals surface area contributed by atoms with E-state index >= 15 is 0 Å². The van der Waals surface area contributed by atoms with Crippen LogP contribution in [0.4, 0.5) is 0 Å². The summed E-state index contributed by atoms with van der Waals surface area (Å²) in [5, 5.41) is 5.75. The van der Waals surface area contributed by atoms with Gasteiger partial charge in [0.1, 0.15) is 0 Å². The van der Waals surface area contributed by atoms with Crippen LogP contribution in [0.1, 0.15) is 19.5 Å². The highest BCUT2D eigenvalue weighted by molar-refractivity contribution is 5.81. The maximum atomic E-state index is 5.13. The topological polar surface area (TPSA) is 39.1 Å². The fourth-order valence-electron chi connectivity index (χ4n) is 1.79. The summed E-state index contributed by atoms with van der Waals surface area (Å²) in [6.07, 6.45) is 0. The molecule has 1 aromatic heterocycles. The van der Waals surface area contributed by atoms with Gasteiger partial charge in [0.15, 0.2) is 0 Å². The van der Waals surface area contributed by atoms with Crippen molar-refractivity contribution in [1.82, 2.24) is 15.3 Å². The minimum atomic E-state index is 0.640. The molecule has 0 unspecified atom stereocenters. The predicted octanol–water partition coefficient (Wildman–Crippen LogP) is 2.10. The Morgan fingerprint density at radius 2 is 2.12 bits per heavy atom. The van der Waals surface area contributed by atoms with Gasteiger partial charge in [0.25, 0.3) is 0 Å². The van der Waals surface area contributed by atoms with Crippen molar-refractivity contribution in [2.45, 2.75) is 26.9 Å². The van der Waals surface area contributed by atoms with E-state index in [4.69, 9.17) is 4.84 Å². The van der Waals surface area contributed by atoms with Crippen LogP contribution in [0.25, 0.3) is 10.9 Å². The van der Waals surface area contributed by atoms with Gasteiger partial charge in [-0.25, -0.2) is 0 Å². The molecule has 0 saturated heterocycles. The third-order valence-electron chi connectivity index (χ3n) is 2.52. The summed E-state index contributed by atoms with van der Waals surface area (Å²) < 4.78 is 2.01. The number of fused-ring (bicyclic) bond motifs is 1. The fraction of sp³-hybridized carbons (Fsp3) is 0.417. The van der Waals surface area contributed by atoms with E-state index in [1.54, 1.807) is 0 Å². The number of hydrogen-bond donors (Lipinski definition) is 1. The molecule has 4 heteroatoms. The molecule has 1 N–H and O–H groups in total. The fourth-order valence-corrected chi connectivity index (χ4v) is 1.79. The number of para-hydroxylation sites is 1. The van der Waals surface area contributed by atoms with Crippen LogP contribution >= 0.6 is 0 Å². The lowest BCUT2D eigenvalue weighted by atomic mass is 10.2. The highest BCUT2D eigenvalue weighted by atomic mass is 16.6. The largest absolute Gasteiger partial charge is 0.302 e. The Balaban J connectivity index is 2.30. The first kappa shape index (κ1) is 11.1. The standard InChI is InChI=1S/C12H17N3O/c1-3-15-12-8-6-5-7-10(12)11(14-15)9-13-16-4-2/h5-8,13H,3-4,9H2,1-2H3. The second-order valence-corrected chi connectivity index (χ2v) is 3.53. The third kappa shape index (κ3) is 2.08. The normalized spacial score (nSPS) is 11.1. The summed E-state index contributed by atoms with van der Waals surface area (Å²) in [5.74, 6) is 0. The van der Waals surface area contributed by atoms with Gasteiger partial charge in [0.05, 0.1) is 24.4 Å². The van der Waals surface area contributed by atoms with Gasteiger partial charge in [-0.05, 0) is 19.9 Å². The number of nitrogens with one attached hydrogen (secondary N) is 1. The highest BCUT2D eigenvalue weighted by Gasteiger charge is 2.07. The van der Waals surface area contributed by atoms with Gasteiger partial charge in [0.2, 0.25) is 0 Å². The Bertz CT molecular complexity index is 464. The second kappa shape index (κ2) is 5.09. The number of rotatable bonds is 5. The molecule has 2 aromatic rings. The van der Waals surface area contributed by atoms with Crippen LogP contribution in [-0.2, 0) is 17.9 Å². The molecule has 0 aliphatic rings. The molecule has 0 fully saturated rings. The van der Waals surface area contributed by atoms with Crippen molar-refractivity contribution in [2.75, 3.05) is 6.61 Å². The van der Waals surface area contributed by atoms with Crippen LogP contribution in [0.5, 0.6) is 0 Å². The maximum Gasteiger partial charge on any atom is 0.0864 e. The van der Waals surface area contributed by atoms with Crippen molar-refractivity contribution >= 4 is 10.9 Å². The first-order chi connectivity index (χ1) is 7.86. The lowest BCUT2D eigenvalue weighted by molar-refractivity contribution is 0.0457. The minimum Gasteiger partial charge on any atom is -0.302 e. The highest BCUT2D eigenvalue weighted by Crippen LogP contribution is 2.17. The molecular formula is C12H17N3O. The summed E-state index contributed by atoms with van der Waals surface area (Å²) in [4.78, 5) is 5.13. The molecule has 1 aromatic carbocycles. The quantitative estimate of drug-likeness (QED) is 0.618. The van der Waals surface area contributed by atoms with Crippen molar-refractivity contribution in [1.29, 1.82) is 0 Å². The van der Waals surface area contributed by atoms with Crippen molar-refractivity contribution in [3.05, 3.63) is 30.0 Å². The molecule has 0 spiro atoms. The van der Waals surface area contributed by atoms with E-state index in [2.05, 4.69) is 29.6 Å². The molecule has 0 radical (unpaired) electrons. The summed E-state index contributed by atoms with van der Waals surface area (Å²) in [6.45, 7) is 6.23. The molecule has 1 heterocycles. The number of hydrogen-bond acceptors (Lipinski definition) is 3. The van der Waals surface area contributed by atoms with Gasteiger partial charge >= 0.3 is 0 Å². The molecule has 4 nitrogen and oxygen atoms in total. The number of benzene rings is 1. The van der Waals surface area contributed by atoms with Crippen LogP contribution < -0.4 is 5.48 Å². The maximum absolute atomic E-state index is 5.13. The monoisotopic (exact) mass is 219 g/mol. The van der Waals surface area contributed by atoms with Gasteiger partial charge < -0.3 is 4.84 Å². The second-order valence-electron chi connectivity index (χ2n) is 3.53. The third-order valence-corrected chi connectivity index (χ3v) is 2.52. The average molecular weight is 219 g/mol. The van der Waals surface area contributed by atoms with Crippen LogP contribution in [0, 0.1) is 0 Å². The Labute approximate surface area is 95.2 Å². The van der Waals surface area contributed by atoms with Gasteiger partial charge in [-0.1, -0.05) is 18.2 Å². The van der Waals surface area contributed by atoms with Gasteiger partial charge in [-0.15, -0.1) is 0 Å². The number of hydroxylamine groups is 1. The van der Waals surface area contributed by atoms with Crippen molar-refractivity contribution in [3.63, 3.8) is 0 Å². The predicted molar refractivity (Wildman–Crippen MR) is 63.9 cm³/mol. The molecule has 16 heavy (non-hydrogen) atoms. The van der Waals surface area contributed by atoms with E-state index < -0.39 is 0 Å². The van der Waals surface area contributed by atoms with Crippen LogP contribution in [-0.4, -0.2) is 16.4 Å². The summed E-state index contributed by atoms with van der Waals surface area (Å²) in [6, 6.07) is 8.26. The Kier molecular flexibility index (Phi) is 3.54. The van der Waals surface area contributed by atoms with Gasteiger partial charge in [-0.3, -0.25) is 4.68 Å². The van der Waals surface area contributed by atoms with Gasteiger partial charge in [0, 0.05) is 11.9 Å². The van der Waals surface area contributed by atoms with Crippen molar-refractivity contribution < 1.29 is 4.84 Å². The molecule has 86 valence electrons. The van der Waals surface area contributed by atoms with E-state index in [0.29, 0.717) is 13.2 Å². The van der Waals surface area contributed by atoms with E-state index in [1.165, 1.54) is 10.9 Å². The van der Waals surface area contributed by atoms with Crippen LogP contribution in [0.2, 0.25) is 0 Å². The van der Waals surface area contributed by atoms with E-state index in [0.717, 1.165) is 12.2 Å². The van der Waals surface area contributed by atoms with Gasteiger partial charge in [-0.2, -0.15) is 10.6 Å². The Morgan fingerprint density at radius 3 is 2.88 bits per heavy atom. The summed E-state index contributed by atoms with van der Waals surface area (Å²) >= 11 is 0.